The van der Waals surface area contributed by atoms with E-state index in [0.29, 0.717) is 12.1 Å². The number of carbonyl (C=O) groups is 1. The number of aryl methyl sites for hydroxylation is 1. The summed E-state index contributed by atoms with van der Waals surface area (Å²) in [6.45, 7) is 2.02. The van der Waals surface area contributed by atoms with E-state index in [-0.39, 0.29) is 5.78 Å². The summed E-state index contributed by atoms with van der Waals surface area (Å²) < 4.78 is 0.879. The van der Waals surface area contributed by atoms with Gasteiger partial charge in [-0.25, -0.2) is 0 Å². The number of hydrogen-bond acceptors (Lipinski definition) is 3. The van der Waals surface area contributed by atoms with Crippen molar-refractivity contribution in [2.24, 2.45) is 0 Å². The maximum atomic E-state index is 12.2. The monoisotopic (exact) mass is 304 g/mol. The number of nitrogens with zero attached hydrogens (tertiary/aromatic N) is 2. The van der Waals surface area contributed by atoms with Crippen LogP contribution in [-0.4, -0.2) is 15.8 Å². The molecule has 4 heteroatoms. The van der Waals surface area contributed by atoms with Gasteiger partial charge in [0.05, 0.1) is 0 Å². The first-order valence-electron chi connectivity index (χ1n) is 5.77. The number of carbonyl (C=O) groups excluding carboxylic acids is 1. The quantitative estimate of drug-likeness (QED) is 0.815. The van der Waals surface area contributed by atoms with Crippen LogP contribution in [0.3, 0.4) is 0 Å². The number of pyridine rings is 2. The predicted octanol–water partition coefficient (Wildman–Crippen LogP) is 3.23. The molecule has 0 aromatic carbocycles. The maximum Gasteiger partial charge on any atom is 0.185 e. The third kappa shape index (κ3) is 3.01. The van der Waals surface area contributed by atoms with Crippen LogP contribution in [0.4, 0.5) is 0 Å². The molecule has 0 saturated heterocycles. The lowest BCUT2D eigenvalue weighted by Gasteiger charge is -2.05. The highest BCUT2D eigenvalue weighted by Gasteiger charge is 2.12. The van der Waals surface area contributed by atoms with E-state index < -0.39 is 0 Å². The Bertz CT molecular complexity index is 569. The van der Waals surface area contributed by atoms with Gasteiger partial charge in [-0.3, -0.25) is 14.8 Å². The van der Waals surface area contributed by atoms with Gasteiger partial charge >= 0.3 is 0 Å². The van der Waals surface area contributed by atoms with Gasteiger partial charge in [0.2, 0.25) is 0 Å². The first kappa shape index (κ1) is 12.9. The molecule has 92 valence electrons. The highest BCUT2D eigenvalue weighted by Crippen LogP contribution is 2.13. The molecule has 0 spiro atoms. The van der Waals surface area contributed by atoms with Crippen molar-refractivity contribution in [3.05, 3.63) is 58.1 Å². The van der Waals surface area contributed by atoms with Gasteiger partial charge in [-0.15, -0.1) is 0 Å². The number of ketones is 1. The van der Waals surface area contributed by atoms with Gasteiger partial charge in [0.25, 0.3) is 0 Å². The second-order valence-corrected chi connectivity index (χ2v) is 4.89. The fourth-order valence-electron chi connectivity index (χ4n) is 1.80. The van der Waals surface area contributed by atoms with Crippen molar-refractivity contribution in [1.82, 2.24) is 9.97 Å². The van der Waals surface area contributed by atoms with Crippen molar-refractivity contribution in [1.29, 1.82) is 0 Å². The molecule has 2 heterocycles. The Morgan fingerprint density at radius 3 is 2.94 bits per heavy atom. The second-order valence-electron chi connectivity index (χ2n) is 3.98. The molecule has 0 saturated carbocycles. The van der Waals surface area contributed by atoms with Crippen LogP contribution in [0.2, 0.25) is 0 Å². The molecule has 18 heavy (non-hydrogen) atoms. The van der Waals surface area contributed by atoms with Crippen LogP contribution < -0.4 is 0 Å². The van der Waals surface area contributed by atoms with Crippen LogP contribution in [0, 0.1) is 0 Å². The maximum absolute atomic E-state index is 12.2. The fourth-order valence-corrected chi connectivity index (χ4v) is 2.21. The van der Waals surface area contributed by atoms with E-state index in [2.05, 4.69) is 25.9 Å². The largest absolute Gasteiger partial charge is 0.292 e. The van der Waals surface area contributed by atoms with Crippen molar-refractivity contribution < 1.29 is 4.79 Å². The molecule has 0 radical (unpaired) electrons. The van der Waals surface area contributed by atoms with Crippen LogP contribution in [0.15, 0.2) is 41.3 Å². The number of hydrogen-bond donors (Lipinski definition) is 0. The average Bonchev–Trinajstić information content (AvgIpc) is 2.38. The minimum atomic E-state index is 0.0346. The lowest BCUT2D eigenvalue weighted by atomic mass is 10.0. The molecule has 2 aromatic rings. The minimum absolute atomic E-state index is 0.0346. The predicted molar refractivity (Wildman–Crippen MR) is 73.6 cm³/mol. The number of halogens is 1. The van der Waals surface area contributed by atoms with Crippen molar-refractivity contribution >= 4 is 21.7 Å². The lowest BCUT2D eigenvalue weighted by molar-refractivity contribution is 0.0987. The van der Waals surface area contributed by atoms with E-state index >= 15 is 0 Å². The van der Waals surface area contributed by atoms with Gasteiger partial charge < -0.3 is 0 Å². The van der Waals surface area contributed by atoms with E-state index in [9.17, 15) is 4.79 Å². The summed E-state index contributed by atoms with van der Waals surface area (Å²) in [5.41, 5.74) is 2.45. The summed E-state index contributed by atoms with van der Waals surface area (Å²) in [7, 11) is 0. The van der Waals surface area contributed by atoms with Crippen molar-refractivity contribution in [3.8, 4) is 0 Å². The molecular weight excluding hydrogens is 292 g/mol. The van der Waals surface area contributed by atoms with E-state index in [0.717, 1.165) is 22.0 Å². The van der Waals surface area contributed by atoms with Crippen LogP contribution in [0.1, 0.15) is 28.5 Å². The van der Waals surface area contributed by atoms with Crippen LogP contribution in [-0.2, 0) is 12.8 Å². The zero-order chi connectivity index (χ0) is 13.0. The molecule has 0 atom stereocenters. The zero-order valence-electron chi connectivity index (χ0n) is 10.1. The summed E-state index contributed by atoms with van der Waals surface area (Å²) in [6, 6.07) is 5.70. The normalized spacial score (nSPS) is 10.3. The Labute approximate surface area is 114 Å². The third-order valence-corrected chi connectivity index (χ3v) is 3.10. The van der Waals surface area contributed by atoms with Gasteiger partial charge in [-0.2, -0.15) is 0 Å². The van der Waals surface area contributed by atoms with E-state index in [1.807, 2.05) is 25.1 Å². The molecule has 0 amide bonds. The fraction of sp³-hybridized carbons (Fsp3) is 0.214. The summed E-state index contributed by atoms with van der Waals surface area (Å²) in [5.74, 6) is 0.0346. The van der Waals surface area contributed by atoms with Crippen molar-refractivity contribution in [3.63, 3.8) is 0 Å². The Hall–Kier alpha value is -1.55. The van der Waals surface area contributed by atoms with Gasteiger partial charge in [-0.05, 0) is 45.6 Å². The van der Waals surface area contributed by atoms with E-state index in [4.69, 9.17) is 0 Å². The lowest BCUT2D eigenvalue weighted by Crippen LogP contribution is -2.09. The van der Waals surface area contributed by atoms with Crippen LogP contribution in [0.25, 0.3) is 0 Å². The first-order chi connectivity index (χ1) is 8.70. The van der Waals surface area contributed by atoms with Gasteiger partial charge in [-0.1, -0.05) is 13.0 Å². The molecule has 0 aliphatic carbocycles. The van der Waals surface area contributed by atoms with Gasteiger partial charge in [0, 0.05) is 29.5 Å². The second kappa shape index (κ2) is 5.87. The van der Waals surface area contributed by atoms with Crippen molar-refractivity contribution in [2.75, 3.05) is 0 Å². The highest BCUT2D eigenvalue weighted by molar-refractivity contribution is 9.10. The SMILES string of the molecule is CCc1cccnc1C(=O)Cc1cncc(Br)c1. The standard InChI is InChI=1S/C14H13BrN2O/c1-2-11-4-3-5-17-14(11)13(18)7-10-6-12(15)9-16-8-10/h3-6,8-9H,2,7H2,1H3. The number of Topliss-reactive ketones (excluding diaryl/α,β-unsaturated/α-hetero) is 1. The Kier molecular flexibility index (Phi) is 4.20. The summed E-state index contributed by atoms with van der Waals surface area (Å²) in [4.78, 5) is 20.4. The van der Waals surface area contributed by atoms with Crippen LogP contribution in [0.5, 0.6) is 0 Å². The molecule has 0 fully saturated rings. The first-order valence-corrected chi connectivity index (χ1v) is 6.56. The highest BCUT2D eigenvalue weighted by atomic mass is 79.9. The number of aromatic nitrogens is 2. The summed E-state index contributed by atoms with van der Waals surface area (Å²) >= 11 is 3.35. The van der Waals surface area contributed by atoms with Crippen LogP contribution >= 0.6 is 15.9 Å². The summed E-state index contributed by atoms with van der Waals surface area (Å²) in [6.07, 6.45) is 6.21. The molecule has 2 aromatic heterocycles. The third-order valence-electron chi connectivity index (χ3n) is 2.66. The molecule has 0 aliphatic heterocycles. The van der Waals surface area contributed by atoms with Crippen molar-refractivity contribution in [2.45, 2.75) is 19.8 Å². The molecule has 2 rings (SSSR count). The average molecular weight is 305 g/mol. The molecule has 0 bridgehead atoms. The van der Waals surface area contributed by atoms with E-state index in [1.165, 1.54) is 0 Å². The molecule has 0 N–H and O–H groups in total. The van der Waals surface area contributed by atoms with Gasteiger partial charge in [0.15, 0.2) is 5.78 Å². The van der Waals surface area contributed by atoms with E-state index in [1.54, 1.807) is 18.6 Å². The molecular formula is C14H13BrN2O. The Morgan fingerprint density at radius 1 is 1.39 bits per heavy atom. The van der Waals surface area contributed by atoms with Gasteiger partial charge in [0.1, 0.15) is 5.69 Å². The molecule has 0 aliphatic rings. The molecule has 0 unspecified atom stereocenters. The Morgan fingerprint density at radius 2 is 2.22 bits per heavy atom. The topological polar surface area (TPSA) is 42.9 Å². The molecule has 3 nitrogen and oxygen atoms in total. The smallest absolute Gasteiger partial charge is 0.185 e. The number of rotatable bonds is 4. The Balaban J connectivity index is 2.22. The zero-order valence-corrected chi connectivity index (χ0v) is 11.6. The summed E-state index contributed by atoms with van der Waals surface area (Å²) in [5, 5.41) is 0. The minimum Gasteiger partial charge on any atom is -0.292 e.